The molecule has 0 N–H and O–H groups in total. The van der Waals surface area contributed by atoms with Gasteiger partial charge in [-0.25, -0.2) is 0 Å². The van der Waals surface area contributed by atoms with Gasteiger partial charge in [0.1, 0.15) is 0 Å². The highest BCUT2D eigenvalue weighted by atomic mass is 19.2. The second kappa shape index (κ2) is 3.76. The molecule has 1 unspecified atom stereocenters. The Bertz CT molecular complexity index is 260. The van der Waals surface area contributed by atoms with E-state index in [-0.39, 0.29) is 5.97 Å². The van der Waals surface area contributed by atoms with E-state index in [0.717, 1.165) is 38.5 Å². The largest absolute Gasteiger partial charge is 0.428 e. The molecule has 0 aromatic heterocycles. The Labute approximate surface area is 90.2 Å². The zero-order chi connectivity index (χ0) is 10.9. The molecule has 15 heavy (non-hydrogen) atoms. The van der Waals surface area contributed by atoms with Gasteiger partial charge in [0.25, 0.3) is 5.85 Å². The number of esters is 1. The monoisotopic (exact) mass is 214 g/mol. The summed E-state index contributed by atoms with van der Waals surface area (Å²) in [5.41, 5.74) is -0.430. The van der Waals surface area contributed by atoms with Crippen LogP contribution in [0.2, 0.25) is 0 Å². The van der Waals surface area contributed by atoms with Crippen molar-refractivity contribution < 1.29 is 13.9 Å². The molecule has 2 aliphatic rings. The van der Waals surface area contributed by atoms with E-state index >= 15 is 0 Å². The summed E-state index contributed by atoms with van der Waals surface area (Å²) in [5, 5.41) is 0. The maximum Gasteiger partial charge on any atom is 0.315 e. The molecule has 86 valence electrons. The van der Waals surface area contributed by atoms with E-state index in [1.54, 1.807) is 0 Å². The minimum absolute atomic E-state index is 0.284. The third-order valence-electron chi connectivity index (χ3n) is 3.78. The maximum absolute atomic E-state index is 14.2. The van der Waals surface area contributed by atoms with Gasteiger partial charge in [0.2, 0.25) is 0 Å². The maximum atomic E-state index is 14.2. The van der Waals surface area contributed by atoms with Crippen molar-refractivity contribution in [1.29, 1.82) is 0 Å². The number of carbonyl (C=O) groups excluding carboxylic acids is 1. The van der Waals surface area contributed by atoms with Gasteiger partial charge in [-0.15, -0.1) is 0 Å². The molecule has 1 saturated carbocycles. The Hall–Kier alpha value is -0.600. The minimum atomic E-state index is -1.65. The fraction of sp³-hybridized carbons (Fsp3) is 0.917. The van der Waals surface area contributed by atoms with E-state index in [0.29, 0.717) is 12.8 Å². The van der Waals surface area contributed by atoms with E-state index in [1.807, 2.05) is 0 Å². The van der Waals surface area contributed by atoms with E-state index in [9.17, 15) is 9.18 Å². The molecule has 0 amide bonds. The van der Waals surface area contributed by atoms with Crippen LogP contribution in [0, 0.1) is 5.41 Å². The minimum Gasteiger partial charge on any atom is -0.428 e. The van der Waals surface area contributed by atoms with Crippen LogP contribution in [-0.4, -0.2) is 11.8 Å². The van der Waals surface area contributed by atoms with Gasteiger partial charge in [-0.1, -0.05) is 26.2 Å². The molecule has 3 heteroatoms. The summed E-state index contributed by atoms with van der Waals surface area (Å²) >= 11 is 0. The fourth-order valence-corrected chi connectivity index (χ4v) is 2.65. The summed E-state index contributed by atoms with van der Waals surface area (Å²) in [6.07, 6.45) is 6.27. The molecule has 0 bridgehead atoms. The highest BCUT2D eigenvalue weighted by Crippen LogP contribution is 2.55. The number of hydrogen-bond donors (Lipinski definition) is 0. The Morgan fingerprint density at radius 1 is 1.40 bits per heavy atom. The van der Waals surface area contributed by atoms with Crippen LogP contribution in [0.5, 0.6) is 0 Å². The second-order valence-electron chi connectivity index (χ2n) is 5.04. The number of halogens is 1. The molecule has 2 nitrogen and oxygen atoms in total. The third kappa shape index (κ3) is 1.88. The lowest BCUT2D eigenvalue weighted by Crippen LogP contribution is -2.34. The highest BCUT2D eigenvalue weighted by Gasteiger charge is 2.59. The zero-order valence-electron chi connectivity index (χ0n) is 9.35. The van der Waals surface area contributed by atoms with Gasteiger partial charge in [-0.3, -0.25) is 4.79 Å². The van der Waals surface area contributed by atoms with Crippen LogP contribution in [0.3, 0.4) is 0 Å². The van der Waals surface area contributed by atoms with Crippen molar-refractivity contribution in [2.45, 2.75) is 64.1 Å². The Kier molecular flexibility index (Phi) is 2.73. The Morgan fingerprint density at radius 3 is 2.60 bits per heavy atom. The number of rotatable bonds is 4. The smallest absolute Gasteiger partial charge is 0.315 e. The van der Waals surface area contributed by atoms with E-state index in [4.69, 9.17) is 4.74 Å². The zero-order valence-corrected chi connectivity index (χ0v) is 9.35. The lowest BCUT2D eigenvalue weighted by molar-refractivity contribution is -0.169. The SMILES string of the molecule is CCCCCC1(F)CC2(CCC2)C(=O)O1. The standard InChI is InChI=1S/C12H19FO2/c1-2-3-4-8-12(13)9-11(6-5-7-11)10(14)15-12/h2-9H2,1H3. The highest BCUT2D eigenvalue weighted by molar-refractivity contribution is 5.80. The van der Waals surface area contributed by atoms with Crippen molar-refractivity contribution in [3.63, 3.8) is 0 Å². The first-order chi connectivity index (χ1) is 7.10. The van der Waals surface area contributed by atoms with Crippen molar-refractivity contribution in [2.24, 2.45) is 5.41 Å². The van der Waals surface area contributed by atoms with Gasteiger partial charge >= 0.3 is 5.97 Å². The predicted molar refractivity (Wildman–Crippen MR) is 55.0 cm³/mol. The molecular weight excluding hydrogens is 195 g/mol. The number of ether oxygens (including phenoxy) is 1. The van der Waals surface area contributed by atoms with E-state index < -0.39 is 11.3 Å². The Balaban J connectivity index is 1.91. The molecule has 1 aliphatic carbocycles. The van der Waals surface area contributed by atoms with Crippen molar-refractivity contribution in [2.75, 3.05) is 0 Å². The number of cyclic esters (lactones) is 1. The van der Waals surface area contributed by atoms with Gasteiger partial charge in [0.15, 0.2) is 0 Å². The number of unbranched alkanes of at least 4 members (excludes halogenated alkanes) is 2. The summed E-state index contributed by atoms with van der Waals surface area (Å²) in [7, 11) is 0. The number of alkyl halides is 1. The molecular formula is C12H19FO2. The van der Waals surface area contributed by atoms with Crippen LogP contribution < -0.4 is 0 Å². The molecule has 1 spiro atoms. The lowest BCUT2D eigenvalue weighted by atomic mass is 9.66. The van der Waals surface area contributed by atoms with Crippen LogP contribution in [0.25, 0.3) is 0 Å². The van der Waals surface area contributed by atoms with Crippen LogP contribution in [0.1, 0.15) is 58.3 Å². The first kappa shape index (κ1) is 10.9. The molecule has 1 saturated heterocycles. The molecule has 0 aromatic carbocycles. The van der Waals surface area contributed by atoms with Gasteiger partial charge in [0.05, 0.1) is 5.41 Å². The third-order valence-corrected chi connectivity index (χ3v) is 3.78. The van der Waals surface area contributed by atoms with Crippen LogP contribution in [0.4, 0.5) is 4.39 Å². The first-order valence-corrected chi connectivity index (χ1v) is 6.03. The molecule has 1 aliphatic heterocycles. The Morgan fingerprint density at radius 2 is 2.13 bits per heavy atom. The summed E-state index contributed by atoms with van der Waals surface area (Å²) in [4.78, 5) is 11.6. The molecule has 0 radical (unpaired) electrons. The summed E-state index contributed by atoms with van der Waals surface area (Å²) < 4.78 is 19.1. The molecule has 1 atom stereocenters. The lowest BCUT2D eigenvalue weighted by Gasteiger charge is -2.33. The van der Waals surface area contributed by atoms with Gasteiger partial charge in [-0.2, -0.15) is 4.39 Å². The molecule has 2 fully saturated rings. The van der Waals surface area contributed by atoms with Crippen molar-refractivity contribution in [1.82, 2.24) is 0 Å². The topological polar surface area (TPSA) is 26.3 Å². The van der Waals surface area contributed by atoms with Crippen molar-refractivity contribution in [3.05, 3.63) is 0 Å². The van der Waals surface area contributed by atoms with Gasteiger partial charge in [-0.05, 0) is 19.3 Å². The molecule has 1 heterocycles. The molecule has 2 rings (SSSR count). The van der Waals surface area contributed by atoms with Crippen molar-refractivity contribution in [3.8, 4) is 0 Å². The molecule has 0 aromatic rings. The van der Waals surface area contributed by atoms with Crippen LogP contribution in [-0.2, 0) is 9.53 Å². The van der Waals surface area contributed by atoms with Crippen molar-refractivity contribution >= 4 is 5.97 Å². The summed E-state index contributed by atoms with van der Waals surface area (Å²) in [5.74, 6) is -1.93. The average molecular weight is 214 g/mol. The summed E-state index contributed by atoms with van der Waals surface area (Å²) in [6.45, 7) is 2.08. The van der Waals surface area contributed by atoms with Gasteiger partial charge < -0.3 is 4.74 Å². The van der Waals surface area contributed by atoms with Crippen LogP contribution >= 0.6 is 0 Å². The fourth-order valence-electron chi connectivity index (χ4n) is 2.65. The number of hydrogen-bond acceptors (Lipinski definition) is 2. The number of carbonyl (C=O) groups is 1. The van der Waals surface area contributed by atoms with Gasteiger partial charge in [0, 0.05) is 12.8 Å². The van der Waals surface area contributed by atoms with E-state index in [1.165, 1.54) is 0 Å². The summed E-state index contributed by atoms with van der Waals surface area (Å²) in [6, 6.07) is 0. The second-order valence-corrected chi connectivity index (χ2v) is 5.04. The van der Waals surface area contributed by atoms with Crippen LogP contribution in [0.15, 0.2) is 0 Å². The first-order valence-electron chi connectivity index (χ1n) is 6.03. The predicted octanol–water partition coefficient (Wildman–Crippen LogP) is 3.35. The average Bonchev–Trinajstić information content (AvgIpc) is 2.38. The quantitative estimate of drug-likeness (QED) is 0.530. The normalized spacial score (nSPS) is 32.8. The van der Waals surface area contributed by atoms with E-state index in [2.05, 4.69) is 6.92 Å².